The van der Waals surface area contributed by atoms with E-state index < -0.39 is 0 Å². The number of hydrogen-bond acceptors (Lipinski definition) is 2. The minimum absolute atomic E-state index is 0.740. The SMILES string of the molecule is CCCNC(CCCC(C)C)CSC. The number of thioether (sulfide) groups is 1. The van der Waals surface area contributed by atoms with Gasteiger partial charge in [0.15, 0.2) is 0 Å². The highest BCUT2D eigenvalue weighted by atomic mass is 32.2. The van der Waals surface area contributed by atoms with Crippen LogP contribution in [0, 0.1) is 5.92 Å². The van der Waals surface area contributed by atoms with Gasteiger partial charge in [0, 0.05) is 11.8 Å². The molecule has 0 saturated carbocycles. The molecule has 2 heteroatoms. The Kier molecular flexibility index (Phi) is 10.1. The van der Waals surface area contributed by atoms with Gasteiger partial charge in [-0.05, 0) is 31.6 Å². The standard InChI is InChI=1S/C12H27NS/c1-5-9-13-12(10-14-4)8-6-7-11(2)3/h11-13H,5-10H2,1-4H3. The highest BCUT2D eigenvalue weighted by Gasteiger charge is 2.06. The minimum atomic E-state index is 0.740. The lowest BCUT2D eigenvalue weighted by molar-refractivity contribution is 0.462. The van der Waals surface area contributed by atoms with E-state index in [1.807, 2.05) is 11.8 Å². The molecular weight excluding hydrogens is 190 g/mol. The molecule has 0 aliphatic heterocycles. The van der Waals surface area contributed by atoms with E-state index in [2.05, 4.69) is 32.3 Å². The average Bonchev–Trinajstić information content (AvgIpc) is 2.13. The lowest BCUT2D eigenvalue weighted by Gasteiger charge is -2.17. The molecule has 0 saturated heterocycles. The molecule has 0 aromatic carbocycles. The van der Waals surface area contributed by atoms with Crippen molar-refractivity contribution in [1.82, 2.24) is 5.32 Å². The predicted molar refractivity (Wildman–Crippen MR) is 69.2 cm³/mol. The van der Waals surface area contributed by atoms with Crippen LogP contribution in [0.25, 0.3) is 0 Å². The van der Waals surface area contributed by atoms with Crippen molar-refractivity contribution >= 4 is 11.8 Å². The summed E-state index contributed by atoms with van der Waals surface area (Å²) in [5.74, 6) is 2.12. The Bertz CT molecular complexity index is 115. The van der Waals surface area contributed by atoms with E-state index >= 15 is 0 Å². The van der Waals surface area contributed by atoms with Gasteiger partial charge in [-0.2, -0.15) is 11.8 Å². The van der Waals surface area contributed by atoms with Gasteiger partial charge in [0.2, 0.25) is 0 Å². The molecule has 0 radical (unpaired) electrons. The third-order valence-electron chi connectivity index (χ3n) is 2.38. The van der Waals surface area contributed by atoms with Gasteiger partial charge in [-0.1, -0.05) is 33.6 Å². The van der Waals surface area contributed by atoms with Crippen LogP contribution in [0.3, 0.4) is 0 Å². The number of rotatable bonds is 9. The second kappa shape index (κ2) is 9.85. The average molecular weight is 217 g/mol. The van der Waals surface area contributed by atoms with Crippen molar-refractivity contribution in [2.75, 3.05) is 18.6 Å². The largest absolute Gasteiger partial charge is 0.313 e. The topological polar surface area (TPSA) is 12.0 Å². The second-order valence-electron chi connectivity index (χ2n) is 4.43. The zero-order valence-corrected chi connectivity index (χ0v) is 11.1. The molecule has 0 bridgehead atoms. The minimum Gasteiger partial charge on any atom is -0.313 e. The molecule has 0 aromatic rings. The first kappa shape index (κ1) is 14.3. The van der Waals surface area contributed by atoms with Crippen LogP contribution in [-0.4, -0.2) is 24.6 Å². The van der Waals surface area contributed by atoms with Crippen LogP contribution >= 0.6 is 11.8 Å². The molecule has 1 unspecified atom stereocenters. The third-order valence-corrected chi connectivity index (χ3v) is 3.12. The molecule has 0 aliphatic rings. The van der Waals surface area contributed by atoms with Crippen LogP contribution in [0.1, 0.15) is 46.5 Å². The third kappa shape index (κ3) is 8.89. The van der Waals surface area contributed by atoms with Crippen molar-refractivity contribution in [3.05, 3.63) is 0 Å². The van der Waals surface area contributed by atoms with Crippen molar-refractivity contribution in [2.45, 2.75) is 52.5 Å². The summed E-state index contributed by atoms with van der Waals surface area (Å²) < 4.78 is 0. The maximum absolute atomic E-state index is 3.62. The molecule has 0 amide bonds. The van der Waals surface area contributed by atoms with Crippen LogP contribution in [-0.2, 0) is 0 Å². The maximum atomic E-state index is 3.62. The van der Waals surface area contributed by atoms with Crippen molar-refractivity contribution in [3.63, 3.8) is 0 Å². The fourth-order valence-electron chi connectivity index (χ4n) is 1.57. The van der Waals surface area contributed by atoms with Crippen LogP contribution in [0.4, 0.5) is 0 Å². The summed E-state index contributed by atoms with van der Waals surface area (Å²) in [6.07, 6.45) is 7.54. The molecule has 0 heterocycles. The smallest absolute Gasteiger partial charge is 0.0158 e. The monoisotopic (exact) mass is 217 g/mol. The van der Waals surface area contributed by atoms with Crippen molar-refractivity contribution in [3.8, 4) is 0 Å². The molecule has 0 aromatic heterocycles. The van der Waals surface area contributed by atoms with Gasteiger partial charge in [0.1, 0.15) is 0 Å². The van der Waals surface area contributed by atoms with Crippen molar-refractivity contribution in [1.29, 1.82) is 0 Å². The summed E-state index contributed by atoms with van der Waals surface area (Å²) >= 11 is 1.96. The molecule has 0 rings (SSSR count). The van der Waals surface area contributed by atoms with Crippen LogP contribution < -0.4 is 5.32 Å². The first-order chi connectivity index (χ1) is 6.70. The van der Waals surface area contributed by atoms with Gasteiger partial charge >= 0.3 is 0 Å². The van der Waals surface area contributed by atoms with E-state index in [1.165, 1.54) is 38.0 Å². The van der Waals surface area contributed by atoms with Gasteiger partial charge in [-0.15, -0.1) is 0 Å². The normalized spacial score (nSPS) is 13.5. The highest BCUT2D eigenvalue weighted by Crippen LogP contribution is 2.10. The van der Waals surface area contributed by atoms with Gasteiger partial charge < -0.3 is 5.32 Å². The Morgan fingerprint density at radius 1 is 1.21 bits per heavy atom. The van der Waals surface area contributed by atoms with Gasteiger partial charge in [-0.3, -0.25) is 0 Å². The Labute approximate surface area is 94.4 Å². The zero-order chi connectivity index (χ0) is 10.8. The fourth-order valence-corrected chi connectivity index (χ4v) is 2.25. The van der Waals surface area contributed by atoms with Crippen molar-refractivity contribution in [2.24, 2.45) is 5.92 Å². The molecule has 0 spiro atoms. The summed E-state index contributed by atoms with van der Waals surface area (Å²) in [5.41, 5.74) is 0. The maximum Gasteiger partial charge on any atom is 0.0158 e. The lowest BCUT2D eigenvalue weighted by atomic mass is 10.0. The summed E-state index contributed by atoms with van der Waals surface area (Å²) in [6.45, 7) is 8.02. The van der Waals surface area contributed by atoms with E-state index in [0.717, 1.165) is 12.0 Å². The summed E-state index contributed by atoms with van der Waals surface area (Å²) in [6, 6.07) is 0.740. The molecule has 14 heavy (non-hydrogen) atoms. The van der Waals surface area contributed by atoms with Crippen LogP contribution in [0.5, 0.6) is 0 Å². The van der Waals surface area contributed by atoms with E-state index in [9.17, 15) is 0 Å². The Balaban J connectivity index is 3.50. The molecule has 1 N–H and O–H groups in total. The first-order valence-corrected chi connectivity index (χ1v) is 7.32. The summed E-state index contributed by atoms with van der Waals surface area (Å²) in [5, 5.41) is 3.62. The molecule has 86 valence electrons. The number of nitrogens with one attached hydrogen (secondary N) is 1. The highest BCUT2D eigenvalue weighted by molar-refractivity contribution is 7.98. The molecule has 0 fully saturated rings. The molecule has 0 aliphatic carbocycles. The first-order valence-electron chi connectivity index (χ1n) is 5.93. The lowest BCUT2D eigenvalue weighted by Crippen LogP contribution is -2.31. The summed E-state index contributed by atoms with van der Waals surface area (Å²) in [7, 11) is 0. The van der Waals surface area contributed by atoms with E-state index in [1.54, 1.807) is 0 Å². The van der Waals surface area contributed by atoms with Gasteiger partial charge in [0.25, 0.3) is 0 Å². The molecular formula is C12H27NS. The summed E-state index contributed by atoms with van der Waals surface area (Å²) in [4.78, 5) is 0. The quantitative estimate of drug-likeness (QED) is 0.634. The van der Waals surface area contributed by atoms with Crippen molar-refractivity contribution < 1.29 is 0 Å². The number of hydrogen-bond donors (Lipinski definition) is 1. The Hall–Kier alpha value is 0.310. The van der Waals surface area contributed by atoms with Crippen LogP contribution in [0.15, 0.2) is 0 Å². The van der Waals surface area contributed by atoms with E-state index in [-0.39, 0.29) is 0 Å². The Morgan fingerprint density at radius 3 is 2.43 bits per heavy atom. The van der Waals surface area contributed by atoms with E-state index in [4.69, 9.17) is 0 Å². The Morgan fingerprint density at radius 2 is 1.93 bits per heavy atom. The van der Waals surface area contributed by atoms with Gasteiger partial charge in [-0.25, -0.2) is 0 Å². The van der Waals surface area contributed by atoms with E-state index in [0.29, 0.717) is 0 Å². The zero-order valence-electron chi connectivity index (χ0n) is 10.3. The van der Waals surface area contributed by atoms with Crippen LogP contribution in [0.2, 0.25) is 0 Å². The second-order valence-corrected chi connectivity index (χ2v) is 5.34. The molecule has 1 atom stereocenters. The fraction of sp³-hybridized carbons (Fsp3) is 1.00. The predicted octanol–water partition coefficient (Wildman–Crippen LogP) is 3.54. The van der Waals surface area contributed by atoms with Gasteiger partial charge in [0.05, 0.1) is 0 Å². The molecule has 1 nitrogen and oxygen atoms in total.